The van der Waals surface area contributed by atoms with Crippen molar-refractivity contribution >= 4 is 30.6 Å². The molecule has 3 aromatic carbocycles. The van der Waals surface area contributed by atoms with E-state index in [1.54, 1.807) is 60.7 Å². The Balaban J connectivity index is 1.89. The first kappa shape index (κ1) is 27.4. The van der Waals surface area contributed by atoms with Crippen LogP contribution < -0.4 is 14.8 Å². The number of alkyl carbamates (subject to hydrolysis) is 1. The second kappa shape index (κ2) is 13.8. The molecule has 2 atom stereocenters. The minimum Gasteiger partial charge on any atom is -0.504 e. The molecule has 2 amide bonds. The highest BCUT2D eigenvalue weighted by molar-refractivity contribution is 7.81. The topological polar surface area (TPSA) is 120 Å². The van der Waals surface area contributed by atoms with Gasteiger partial charge < -0.3 is 24.1 Å². The number of carbonyl (C=O) groups is 3. The van der Waals surface area contributed by atoms with Gasteiger partial charge in [0.2, 0.25) is 0 Å². The number of rotatable bonds is 11. The van der Waals surface area contributed by atoms with Gasteiger partial charge in [0.05, 0.1) is 19.5 Å². The van der Waals surface area contributed by atoms with Gasteiger partial charge in [0, 0.05) is 17.5 Å². The molecule has 0 unspecified atom stereocenters. The average molecular weight is 526 g/mol. The van der Waals surface area contributed by atoms with Crippen molar-refractivity contribution in [2.24, 2.45) is 0 Å². The normalized spacial score (nSPS) is 12.1. The van der Waals surface area contributed by atoms with E-state index < -0.39 is 30.2 Å². The predicted octanol–water partition coefficient (Wildman–Crippen LogP) is 4.32. The smallest absolute Gasteiger partial charge is 0.414 e. The standard InChI is InChI=1S/C27H27NO8S/c1-33-22-13-12-19(16-21(22)29)25(36-27(32)28-26(31)18-8-4-2-5-9-18)23(14-15-34-24(30)17-37)35-20-10-6-3-7-11-20/h2-13,16,23,25,29,37H,14-15,17H2,1H3,(H,28,31,32)/t23-,25-/m1/s1. The van der Waals surface area contributed by atoms with E-state index in [0.717, 1.165) is 0 Å². The van der Waals surface area contributed by atoms with Crippen LogP contribution in [0.3, 0.4) is 0 Å². The van der Waals surface area contributed by atoms with Crippen LogP contribution in [0.5, 0.6) is 17.2 Å². The first-order valence-electron chi connectivity index (χ1n) is 11.3. The highest BCUT2D eigenvalue weighted by Crippen LogP contribution is 2.34. The first-order valence-corrected chi connectivity index (χ1v) is 12.0. The maximum Gasteiger partial charge on any atom is 0.414 e. The molecular formula is C27H27NO8S. The molecule has 0 aliphatic carbocycles. The van der Waals surface area contributed by atoms with Crippen molar-refractivity contribution < 1.29 is 38.4 Å². The van der Waals surface area contributed by atoms with Crippen molar-refractivity contribution in [2.45, 2.75) is 18.6 Å². The summed E-state index contributed by atoms with van der Waals surface area (Å²) in [6.45, 7) is -0.0521. The summed E-state index contributed by atoms with van der Waals surface area (Å²) in [5, 5.41) is 12.6. The fourth-order valence-electron chi connectivity index (χ4n) is 3.42. The number of ether oxygens (including phenoxy) is 4. The number of nitrogens with one attached hydrogen (secondary N) is 1. The third kappa shape index (κ3) is 8.18. The Hall–Kier alpha value is -4.18. The molecule has 0 saturated carbocycles. The van der Waals surface area contributed by atoms with Gasteiger partial charge in [0.15, 0.2) is 17.6 Å². The second-order valence-corrected chi connectivity index (χ2v) is 8.03. The van der Waals surface area contributed by atoms with Gasteiger partial charge in [0.1, 0.15) is 11.9 Å². The number of benzene rings is 3. The Kier molecular flexibility index (Phi) is 10.2. The summed E-state index contributed by atoms with van der Waals surface area (Å²) in [5.74, 6) is -0.762. The quantitative estimate of drug-likeness (QED) is 0.250. The van der Waals surface area contributed by atoms with Crippen molar-refractivity contribution in [3.8, 4) is 17.2 Å². The van der Waals surface area contributed by atoms with Crippen LogP contribution in [-0.4, -0.2) is 48.6 Å². The lowest BCUT2D eigenvalue weighted by Gasteiger charge is -2.28. The molecule has 37 heavy (non-hydrogen) atoms. The van der Waals surface area contributed by atoms with Crippen LogP contribution in [0, 0.1) is 0 Å². The number of esters is 1. The number of aromatic hydroxyl groups is 1. The van der Waals surface area contributed by atoms with Crippen LogP contribution in [0.25, 0.3) is 0 Å². The van der Waals surface area contributed by atoms with Gasteiger partial charge in [0.25, 0.3) is 5.91 Å². The number of phenols is 1. The number of amides is 2. The molecule has 3 rings (SSSR count). The zero-order valence-electron chi connectivity index (χ0n) is 20.0. The second-order valence-electron chi connectivity index (χ2n) is 7.71. The van der Waals surface area contributed by atoms with E-state index in [1.807, 2.05) is 6.07 Å². The monoisotopic (exact) mass is 525 g/mol. The molecule has 0 aliphatic heterocycles. The summed E-state index contributed by atoms with van der Waals surface area (Å²) >= 11 is 3.90. The number of hydrogen-bond acceptors (Lipinski definition) is 9. The lowest BCUT2D eigenvalue weighted by molar-refractivity contribution is -0.141. The minimum atomic E-state index is -1.12. The van der Waals surface area contributed by atoms with Crippen LogP contribution in [0.1, 0.15) is 28.4 Å². The Morgan fingerprint density at radius 2 is 1.65 bits per heavy atom. The molecule has 0 saturated heterocycles. The lowest BCUT2D eigenvalue weighted by atomic mass is 10.0. The number of para-hydroxylation sites is 1. The third-order valence-corrected chi connectivity index (χ3v) is 5.44. The average Bonchev–Trinajstić information content (AvgIpc) is 2.92. The van der Waals surface area contributed by atoms with Crippen LogP contribution in [0.15, 0.2) is 78.9 Å². The Morgan fingerprint density at radius 3 is 2.27 bits per heavy atom. The number of carbonyl (C=O) groups excluding carboxylic acids is 3. The largest absolute Gasteiger partial charge is 0.504 e. The minimum absolute atomic E-state index is 0.0521. The molecule has 0 radical (unpaired) electrons. The van der Waals surface area contributed by atoms with Crippen molar-refractivity contribution in [2.75, 3.05) is 19.5 Å². The van der Waals surface area contributed by atoms with Crippen molar-refractivity contribution in [3.63, 3.8) is 0 Å². The van der Waals surface area contributed by atoms with Crippen LogP contribution in [-0.2, 0) is 14.3 Å². The maximum absolute atomic E-state index is 12.8. The van der Waals surface area contributed by atoms with E-state index >= 15 is 0 Å². The first-order chi connectivity index (χ1) is 17.9. The van der Waals surface area contributed by atoms with E-state index in [4.69, 9.17) is 18.9 Å². The molecule has 0 aliphatic rings. The summed E-state index contributed by atoms with van der Waals surface area (Å²) in [4.78, 5) is 36.9. The summed E-state index contributed by atoms with van der Waals surface area (Å²) in [6.07, 6.45) is -2.90. The molecule has 0 aromatic heterocycles. The molecule has 2 N–H and O–H groups in total. The molecular weight excluding hydrogens is 498 g/mol. The van der Waals surface area contributed by atoms with E-state index in [1.165, 1.54) is 19.2 Å². The molecule has 10 heteroatoms. The summed E-state index contributed by atoms with van der Waals surface area (Å²) in [7, 11) is 1.41. The number of methoxy groups -OCH3 is 1. The third-order valence-electron chi connectivity index (χ3n) is 5.18. The Morgan fingerprint density at radius 1 is 0.973 bits per heavy atom. The number of hydrogen-bond donors (Lipinski definition) is 3. The highest BCUT2D eigenvalue weighted by atomic mass is 32.1. The van der Waals surface area contributed by atoms with Gasteiger partial charge in [-0.15, -0.1) is 0 Å². The molecule has 3 aromatic rings. The van der Waals surface area contributed by atoms with Gasteiger partial charge in [-0.25, -0.2) is 4.79 Å². The molecule has 0 fully saturated rings. The van der Waals surface area contributed by atoms with Crippen molar-refractivity contribution in [1.29, 1.82) is 0 Å². The molecule has 0 heterocycles. The molecule has 9 nitrogen and oxygen atoms in total. The maximum atomic E-state index is 12.8. The van der Waals surface area contributed by atoms with E-state index in [0.29, 0.717) is 11.3 Å². The number of imide groups is 1. The SMILES string of the molecule is COc1ccc([C@@H](OC(=O)NC(=O)c2ccccc2)[C@@H](CCOC(=O)CS)Oc2ccccc2)cc1O. The van der Waals surface area contributed by atoms with Gasteiger partial charge in [-0.3, -0.25) is 14.9 Å². The summed E-state index contributed by atoms with van der Waals surface area (Å²) < 4.78 is 22.1. The predicted molar refractivity (Wildman–Crippen MR) is 138 cm³/mol. The molecule has 0 bridgehead atoms. The van der Waals surface area contributed by atoms with Gasteiger partial charge in [-0.05, 0) is 36.4 Å². The van der Waals surface area contributed by atoms with Gasteiger partial charge in [-0.1, -0.05) is 42.5 Å². The van der Waals surface area contributed by atoms with E-state index in [9.17, 15) is 19.5 Å². The number of phenolic OH excluding ortho intramolecular Hbond substituents is 1. The number of thiol groups is 1. The van der Waals surface area contributed by atoms with Crippen LogP contribution in [0.4, 0.5) is 4.79 Å². The summed E-state index contributed by atoms with van der Waals surface area (Å²) in [6, 6.07) is 21.4. The van der Waals surface area contributed by atoms with Gasteiger partial charge >= 0.3 is 12.1 Å². The van der Waals surface area contributed by atoms with Crippen molar-refractivity contribution in [3.05, 3.63) is 90.0 Å². The van der Waals surface area contributed by atoms with E-state index in [-0.39, 0.29) is 35.8 Å². The zero-order chi connectivity index (χ0) is 26.6. The van der Waals surface area contributed by atoms with Gasteiger partial charge in [-0.2, -0.15) is 12.6 Å². The van der Waals surface area contributed by atoms with Crippen LogP contribution in [0.2, 0.25) is 0 Å². The highest BCUT2D eigenvalue weighted by Gasteiger charge is 2.31. The fourth-order valence-corrected chi connectivity index (χ4v) is 3.51. The zero-order valence-corrected chi connectivity index (χ0v) is 20.9. The van der Waals surface area contributed by atoms with Crippen LogP contribution >= 0.6 is 12.6 Å². The molecule has 0 spiro atoms. The molecule has 194 valence electrons. The summed E-state index contributed by atoms with van der Waals surface area (Å²) in [5.41, 5.74) is 0.635. The van der Waals surface area contributed by atoms with E-state index in [2.05, 4.69) is 17.9 Å². The Labute approximate surface area is 219 Å². The Bertz CT molecular complexity index is 1190. The fraction of sp³-hybridized carbons (Fsp3) is 0.222. The lowest BCUT2D eigenvalue weighted by Crippen LogP contribution is -2.37. The van der Waals surface area contributed by atoms with Crippen molar-refractivity contribution in [1.82, 2.24) is 5.32 Å².